The highest BCUT2D eigenvalue weighted by molar-refractivity contribution is 6.30. The second kappa shape index (κ2) is 10.9. The number of aliphatic carboxylic acids is 1. The van der Waals surface area contributed by atoms with Crippen LogP contribution in [-0.2, 0) is 4.79 Å². The molecule has 1 aromatic heterocycles. The number of ether oxygens (including phenoxy) is 1. The van der Waals surface area contributed by atoms with Crippen LogP contribution in [0.3, 0.4) is 0 Å². The van der Waals surface area contributed by atoms with Gasteiger partial charge in [0.15, 0.2) is 5.69 Å². The van der Waals surface area contributed by atoms with E-state index in [4.69, 9.17) is 16.3 Å². The summed E-state index contributed by atoms with van der Waals surface area (Å²) in [4.78, 5) is 24.5. The molecule has 3 rings (SSSR count). The summed E-state index contributed by atoms with van der Waals surface area (Å²) in [5, 5.41) is 27.1. The maximum Gasteiger partial charge on any atom is 0.305 e. The molecular weight excluding hydrogens is 477 g/mol. The largest absolute Gasteiger partial charge is 0.481 e. The summed E-state index contributed by atoms with van der Waals surface area (Å²) in [5.41, 5.74) is -0.759. The number of carbonyl (C=O) groups excluding carboxylic acids is 1. The zero-order valence-corrected chi connectivity index (χ0v) is 20.3. The first-order valence-corrected chi connectivity index (χ1v) is 11.3. The van der Waals surface area contributed by atoms with Crippen LogP contribution in [0.25, 0.3) is 5.69 Å². The van der Waals surface area contributed by atoms with Crippen LogP contribution in [0.5, 0.6) is 5.88 Å². The Hall–Kier alpha value is -3.43. The molecule has 2 atom stereocenters. The molecule has 1 amide bonds. The summed E-state index contributed by atoms with van der Waals surface area (Å²) < 4.78 is 21.4. The molecule has 35 heavy (non-hydrogen) atoms. The van der Waals surface area contributed by atoms with E-state index in [1.807, 2.05) is 13.8 Å². The number of para-hydroxylation sites is 1. The minimum atomic E-state index is -1.19. The maximum atomic E-state index is 14.5. The number of carbonyl (C=O) groups is 2. The van der Waals surface area contributed by atoms with E-state index in [2.05, 4.69) is 10.4 Å². The van der Waals surface area contributed by atoms with Gasteiger partial charge >= 0.3 is 5.97 Å². The lowest BCUT2D eigenvalue weighted by Crippen LogP contribution is -2.38. The number of amides is 1. The zero-order chi connectivity index (χ0) is 25.8. The minimum Gasteiger partial charge on any atom is -0.481 e. The van der Waals surface area contributed by atoms with Crippen molar-refractivity contribution in [1.29, 1.82) is 0 Å². The number of halogens is 2. The summed E-state index contributed by atoms with van der Waals surface area (Å²) in [6, 6.07) is 12.8. The Labute approximate surface area is 207 Å². The smallest absolute Gasteiger partial charge is 0.305 e. The van der Waals surface area contributed by atoms with E-state index in [9.17, 15) is 24.2 Å². The van der Waals surface area contributed by atoms with E-state index in [-0.39, 0.29) is 36.2 Å². The van der Waals surface area contributed by atoms with E-state index in [1.165, 1.54) is 24.3 Å². The maximum absolute atomic E-state index is 14.5. The van der Waals surface area contributed by atoms with Gasteiger partial charge in [-0.25, -0.2) is 4.39 Å². The predicted octanol–water partition coefficient (Wildman–Crippen LogP) is 4.40. The van der Waals surface area contributed by atoms with Crippen LogP contribution in [0.15, 0.2) is 54.6 Å². The van der Waals surface area contributed by atoms with Crippen LogP contribution < -0.4 is 10.1 Å². The topological polar surface area (TPSA) is 114 Å². The van der Waals surface area contributed by atoms with Gasteiger partial charge in [-0.05, 0) is 42.7 Å². The number of nitrogens with one attached hydrogen (secondary N) is 1. The zero-order valence-electron chi connectivity index (χ0n) is 19.5. The van der Waals surface area contributed by atoms with Gasteiger partial charge < -0.3 is 20.3 Å². The second-order valence-electron chi connectivity index (χ2n) is 8.71. The standard InChI is InChI=1S/C25H27ClFN3O5/c1-15(2)25(3,34)14-35-22-12-20(29-30(22)21-10-5-4-9-18(21)27)24(33)28-19(13-23(31)32)16-7-6-8-17(26)11-16/h4-12,15,19,34H,13-14H2,1-3H3,(H,28,33)(H,31,32). The molecule has 0 aliphatic carbocycles. The summed E-state index contributed by atoms with van der Waals surface area (Å²) >= 11 is 6.03. The number of rotatable bonds is 10. The monoisotopic (exact) mass is 503 g/mol. The number of aliphatic hydroxyl groups is 1. The van der Waals surface area contributed by atoms with Crippen molar-refractivity contribution in [3.63, 3.8) is 0 Å². The fraction of sp³-hybridized carbons (Fsp3) is 0.320. The Morgan fingerprint density at radius 1 is 1.20 bits per heavy atom. The van der Waals surface area contributed by atoms with Gasteiger partial charge in [-0.1, -0.05) is 49.7 Å². The average Bonchev–Trinajstić information content (AvgIpc) is 3.21. The molecule has 3 aromatic rings. The molecule has 0 radical (unpaired) electrons. The Bertz CT molecular complexity index is 1210. The van der Waals surface area contributed by atoms with Crippen molar-refractivity contribution in [3.8, 4) is 11.6 Å². The molecule has 0 aliphatic heterocycles. The molecule has 8 nitrogen and oxygen atoms in total. The Balaban J connectivity index is 1.95. The third-order valence-corrected chi connectivity index (χ3v) is 5.92. The number of carboxylic acid groups (broad SMARTS) is 1. The van der Waals surface area contributed by atoms with E-state index in [0.29, 0.717) is 10.6 Å². The van der Waals surface area contributed by atoms with Crippen molar-refractivity contribution >= 4 is 23.5 Å². The van der Waals surface area contributed by atoms with Crippen molar-refractivity contribution in [1.82, 2.24) is 15.1 Å². The first-order valence-electron chi connectivity index (χ1n) is 11.0. The molecular formula is C25H27ClFN3O5. The van der Waals surface area contributed by atoms with Crippen LogP contribution in [-0.4, -0.2) is 44.1 Å². The third-order valence-electron chi connectivity index (χ3n) is 5.68. The first kappa shape index (κ1) is 26.2. The van der Waals surface area contributed by atoms with Crippen LogP contribution in [0.2, 0.25) is 5.02 Å². The first-order chi connectivity index (χ1) is 16.5. The number of nitrogens with zero attached hydrogens (tertiary/aromatic N) is 2. The average molecular weight is 504 g/mol. The van der Waals surface area contributed by atoms with Crippen molar-refractivity contribution in [3.05, 3.63) is 76.7 Å². The van der Waals surface area contributed by atoms with Crippen molar-refractivity contribution in [2.75, 3.05) is 6.61 Å². The predicted molar refractivity (Wildman–Crippen MR) is 128 cm³/mol. The fourth-order valence-corrected chi connectivity index (χ4v) is 3.34. The quantitative estimate of drug-likeness (QED) is 0.378. The lowest BCUT2D eigenvalue weighted by atomic mass is 9.94. The molecule has 2 aromatic carbocycles. The second-order valence-corrected chi connectivity index (χ2v) is 9.15. The normalized spacial score (nSPS) is 13.8. The van der Waals surface area contributed by atoms with Crippen LogP contribution in [0.1, 0.15) is 49.3 Å². The Kier molecular flexibility index (Phi) is 8.14. The molecule has 0 spiro atoms. The molecule has 3 N–H and O–H groups in total. The van der Waals surface area contributed by atoms with Crippen LogP contribution >= 0.6 is 11.6 Å². The summed E-state index contributed by atoms with van der Waals surface area (Å²) in [6.07, 6.45) is -0.388. The van der Waals surface area contributed by atoms with Crippen molar-refractivity contribution < 1.29 is 28.9 Å². The van der Waals surface area contributed by atoms with E-state index in [0.717, 1.165) is 4.68 Å². The summed E-state index contributed by atoms with van der Waals surface area (Å²) in [7, 11) is 0. The number of hydrogen-bond donors (Lipinski definition) is 3. The van der Waals surface area contributed by atoms with E-state index >= 15 is 0 Å². The van der Waals surface area contributed by atoms with Gasteiger partial charge in [0.2, 0.25) is 5.88 Å². The SMILES string of the molecule is CC(C)C(C)(O)COc1cc(C(=O)NC(CC(=O)O)c2cccc(Cl)c2)nn1-c1ccccc1F. The molecule has 0 fully saturated rings. The van der Waals surface area contributed by atoms with Gasteiger partial charge in [0, 0.05) is 11.1 Å². The highest BCUT2D eigenvalue weighted by Gasteiger charge is 2.28. The highest BCUT2D eigenvalue weighted by Crippen LogP contribution is 2.26. The van der Waals surface area contributed by atoms with Crippen molar-refractivity contribution in [2.45, 2.75) is 38.8 Å². The minimum absolute atomic E-state index is 0.0405. The number of carboxylic acids is 1. The van der Waals surface area contributed by atoms with Crippen molar-refractivity contribution in [2.24, 2.45) is 5.92 Å². The molecule has 0 aliphatic rings. The van der Waals surface area contributed by atoms with Crippen LogP contribution in [0.4, 0.5) is 4.39 Å². The number of hydrogen-bond acceptors (Lipinski definition) is 5. The number of benzene rings is 2. The molecule has 0 bridgehead atoms. The molecule has 10 heteroatoms. The lowest BCUT2D eigenvalue weighted by molar-refractivity contribution is -0.137. The third kappa shape index (κ3) is 6.58. The molecule has 1 heterocycles. The van der Waals surface area contributed by atoms with Gasteiger partial charge in [-0.2, -0.15) is 9.78 Å². The lowest BCUT2D eigenvalue weighted by Gasteiger charge is -2.27. The fourth-order valence-electron chi connectivity index (χ4n) is 3.14. The van der Waals surface area contributed by atoms with E-state index in [1.54, 1.807) is 37.3 Å². The summed E-state index contributed by atoms with van der Waals surface area (Å²) in [6.45, 7) is 5.14. The van der Waals surface area contributed by atoms with Gasteiger partial charge in [0.25, 0.3) is 5.91 Å². The van der Waals surface area contributed by atoms with Gasteiger partial charge in [0.05, 0.1) is 18.1 Å². The van der Waals surface area contributed by atoms with Gasteiger partial charge in [-0.15, -0.1) is 0 Å². The van der Waals surface area contributed by atoms with Gasteiger partial charge in [-0.3, -0.25) is 9.59 Å². The Morgan fingerprint density at radius 2 is 1.91 bits per heavy atom. The number of aromatic nitrogens is 2. The molecule has 0 saturated carbocycles. The summed E-state index contributed by atoms with van der Waals surface area (Å²) in [5.74, 6) is -2.49. The van der Waals surface area contributed by atoms with Gasteiger partial charge in [0.1, 0.15) is 18.1 Å². The molecule has 186 valence electrons. The highest BCUT2D eigenvalue weighted by atomic mass is 35.5. The van der Waals surface area contributed by atoms with Crippen LogP contribution in [0, 0.1) is 11.7 Å². The molecule has 2 unspecified atom stereocenters. The van der Waals surface area contributed by atoms with E-state index < -0.39 is 29.3 Å². The Morgan fingerprint density at radius 3 is 2.54 bits per heavy atom. The molecule has 0 saturated heterocycles.